The van der Waals surface area contributed by atoms with Gasteiger partial charge in [0.25, 0.3) is 5.88 Å². The number of hydrogen-bond acceptors (Lipinski definition) is 3. The van der Waals surface area contributed by atoms with Gasteiger partial charge in [-0.25, -0.2) is 0 Å². The zero-order valence-electron chi connectivity index (χ0n) is 6.13. The third-order valence-electron chi connectivity index (χ3n) is 1.14. The molecule has 0 aliphatic heterocycles. The summed E-state index contributed by atoms with van der Waals surface area (Å²) in [5, 5.41) is 0. The number of oxazole rings is 1. The smallest absolute Gasteiger partial charge is 0.253 e. The van der Waals surface area contributed by atoms with Gasteiger partial charge in [-0.3, -0.25) is 0 Å². The summed E-state index contributed by atoms with van der Waals surface area (Å²) in [7, 11) is 3.21. The van der Waals surface area contributed by atoms with E-state index in [-0.39, 0.29) is 0 Å². The lowest BCUT2D eigenvalue weighted by Gasteiger charge is -1.93. The first-order valence-electron chi connectivity index (χ1n) is 3.11. The molecule has 0 saturated heterocycles. The molecule has 0 amide bonds. The predicted octanol–water partition coefficient (Wildman–Crippen LogP) is 1.97. The van der Waals surface area contributed by atoms with Gasteiger partial charge >= 0.3 is 0 Å². The molecule has 1 aromatic rings. The molecule has 3 nitrogen and oxygen atoms in total. The second-order valence-electron chi connectivity index (χ2n) is 2.32. The van der Waals surface area contributed by atoms with Gasteiger partial charge in [0.2, 0.25) is 0 Å². The zero-order chi connectivity index (χ0) is 7.56. The van der Waals surface area contributed by atoms with E-state index in [2.05, 4.69) is 16.8 Å². The van der Waals surface area contributed by atoms with Gasteiger partial charge in [-0.2, -0.15) is 4.98 Å². The highest BCUT2D eigenvalue weighted by Gasteiger charge is 2.06. The molecule has 0 spiro atoms. The molecule has 0 fully saturated rings. The minimum absolute atomic E-state index is 0.295. The van der Waals surface area contributed by atoms with Gasteiger partial charge in [0, 0.05) is 5.92 Å². The number of aromatic nitrogens is 1. The average molecular weight is 140 g/mol. The maximum Gasteiger partial charge on any atom is 0.253 e. The van der Waals surface area contributed by atoms with Crippen LogP contribution in [0.2, 0.25) is 0 Å². The normalized spacial score (nSPS) is 10.4. The van der Waals surface area contributed by atoms with E-state index < -0.39 is 0 Å². The Hall–Kier alpha value is -0.990. The van der Waals surface area contributed by atoms with E-state index in [9.17, 15) is 0 Å². The Kier molecular flexibility index (Phi) is 1.94. The molecule has 0 aliphatic rings. The summed E-state index contributed by atoms with van der Waals surface area (Å²) < 4.78 is 9.63. The monoisotopic (exact) mass is 140 g/mol. The van der Waals surface area contributed by atoms with Crippen LogP contribution in [0.5, 0.6) is 5.88 Å². The lowest BCUT2D eigenvalue weighted by atomic mass is 10.2. The fourth-order valence-corrected chi connectivity index (χ4v) is 0.604. The van der Waals surface area contributed by atoms with Crippen molar-refractivity contribution in [1.29, 1.82) is 0 Å². The molecule has 1 aromatic heterocycles. The maximum absolute atomic E-state index is 5.04. The second-order valence-corrected chi connectivity index (χ2v) is 2.32. The van der Waals surface area contributed by atoms with E-state index in [1.165, 1.54) is 6.26 Å². The third-order valence-corrected chi connectivity index (χ3v) is 1.14. The standard InChI is InChI=1S/C7H10NO2/c1-5(2)7-8-6(9-3)4-10-7/h4-5H,3H2,1-2H3. The minimum atomic E-state index is 0.295. The first kappa shape index (κ1) is 7.12. The van der Waals surface area contributed by atoms with Gasteiger partial charge < -0.3 is 9.15 Å². The van der Waals surface area contributed by atoms with Gasteiger partial charge in [0.05, 0.1) is 0 Å². The summed E-state index contributed by atoms with van der Waals surface area (Å²) in [4.78, 5) is 3.98. The molecule has 0 atom stereocenters. The van der Waals surface area contributed by atoms with Crippen molar-refractivity contribution in [3.8, 4) is 5.88 Å². The van der Waals surface area contributed by atoms with Crippen LogP contribution in [0.25, 0.3) is 0 Å². The molecule has 0 N–H and O–H groups in total. The van der Waals surface area contributed by atoms with Crippen LogP contribution in [0, 0.1) is 7.11 Å². The van der Waals surface area contributed by atoms with Crippen LogP contribution in [0.15, 0.2) is 10.7 Å². The molecule has 0 bridgehead atoms. The highest BCUT2D eigenvalue weighted by atomic mass is 16.5. The first-order chi connectivity index (χ1) is 4.74. The van der Waals surface area contributed by atoms with Crippen LogP contribution in [0.1, 0.15) is 25.7 Å². The van der Waals surface area contributed by atoms with Crippen molar-refractivity contribution >= 4 is 0 Å². The Morgan fingerprint density at radius 3 is 2.70 bits per heavy atom. The van der Waals surface area contributed by atoms with Crippen molar-refractivity contribution in [1.82, 2.24) is 4.98 Å². The van der Waals surface area contributed by atoms with E-state index in [4.69, 9.17) is 4.42 Å². The highest BCUT2D eigenvalue weighted by Crippen LogP contribution is 2.16. The van der Waals surface area contributed by atoms with Crippen molar-refractivity contribution in [3.63, 3.8) is 0 Å². The molecule has 3 heteroatoms. The molecular weight excluding hydrogens is 130 g/mol. The zero-order valence-corrected chi connectivity index (χ0v) is 6.13. The Labute approximate surface area is 60.0 Å². The number of hydrogen-bond donors (Lipinski definition) is 0. The summed E-state index contributed by atoms with van der Waals surface area (Å²) in [5.74, 6) is 1.41. The SMILES string of the molecule is [CH2]Oc1coc(C(C)C)n1. The molecule has 1 heterocycles. The van der Waals surface area contributed by atoms with Gasteiger partial charge in [-0.1, -0.05) is 13.8 Å². The van der Waals surface area contributed by atoms with E-state index in [1.807, 2.05) is 13.8 Å². The topological polar surface area (TPSA) is 35.3 Å². The fraction of sp³-hybridized carbons (Fsp3) is 0.429. The summed E-state index contributed by atoms with van der Waals surface area (Å²) >= 11 is 0. The van der Waals surface area contributed by atoms with Crippen LogP contribution in [0.4, 0.5) is 0 Å². The van der Waals surface area contributed by atoms with Crippen molar-refractivity contribution in [2.24, 2.45) is 0 Å². The van der Waals surface area contributed by atoms with Gasteiger partial charge in [-0.15, -0.1) is 0 Å². The van der Waals surface area contributed by atoms with Crippen molar-refractivity contribution in [2.45, 2.75) is 19.8 Å². The predicted molar refractivity (Wildman–Crippen MR) is 36.6 cm³/mol. The molecule has 1 radical (unpaired) electrons. The van der Waals surface area contributed by atoms with Crippen LogP contribution in [-0.4, -0.2) is 4.98 Å². The molecule has 0 unspecified atom stereocenters. The van der Waals surface area contributed by atoms with Crippen LogP contribution < -0.4 is 4.74 Å². The van der Waals surface area contributed by atoms with Gasteiger partial charge in [0.15, 0.2) is 12.2 Å². The molecule has 0 aromatic carbocycles. The third kappa shape index (κ3) is 1.29. The van der Waals surface area contributed by atoms with E-state index in [0.717, 1.165) is 0 Å². The summed E-state index contributed by atoms with van der Waals surface area (Å²) in [5.41, 5.74) is 0. The Morgan fingerprint density at radius 2 is 2.40 bits per heavy atom. The summed E-state index contributed by atoms with van der Waals surface area (Å²) in [6, 6.07) is 0. The first-order valence-corrected chi connectivity index (χ1v) is 3.11. The van der Waals surface area contributed by atoms with Crippen LogP contribution in [-0.2, 0) is 0 Å². The number of nitrogens with zero attached hydrogens (tertiary/aromatic N) is 1. The van der Waals surface area contributed by atoms with Crippen molar-refractivity contribution in [2.75, 3.05) is 0 Å². The van der Waals surface area contributed by atoms with Crippen LogP contribution >= 0.6 is 0 Å². The number of ether oxygens (including phenoxy) is 1. The largest absolute Gasteiger partial charge is 0.472 e. The molecule has 0 aliphatic carbocycles. The Balaban J connectivity index is 2.78. The van der Waals surface area contributed by atoms with E-state index >= 15 is 0 Å². The number of rotatable bonds is 2. The van der Waals surface area contributed by atoms with E-state index in [1.54, 1.807) is 0 Å². The molecular formula is C7H10NO2. The molecule has 55 valence electrons. The quantitative estimate of drug-likeness (QED) is 0.630. The Morgan fingerprint density at radius 1 is 1.70 bits per heavy atom. The molecule has 1 rings (SSSR count). The highest BCUT2D eigenvalue weighted by molar-refractivity contribution is 5.04. The molecule has 10 heavy (non-hydrogen) atoms. The van der Waals surface area contributed by atoms with E-state index in [0.29, 0.717) is 17.7 Å². The van der Waals surface area contributed by atoms with Crippen molar-refractivity contribution < 1.29 is 9.15 Å². The lowest BCUT2D eigenvalue weighted by molar-refractivity contribution is 0.445. The van der Waals surface area contributed by atoms with Crippen molar-refractivity contribution in [3.05, 3.63) is 19.3 Å². The van der Waals surface area contributed by atoms with Gasteiger partial charge in [0.1, 0.15) is 7.11 Å². The summed E-state index contributed by atoms with van der Waals surface area (Å²) in [6.07, 6.45) is 1.45. The average Bonchev–Trinajstić information content (AvgIpc) is 2.34. The fourth-order valence-electron chi connectivity index (χ4n) is 0.604. The van der Waals surface area contributed by atoms with Gasteiger partial charge in [-0.05, 0) is 0 Å². The maximum atomic E-state index is 5.04. The minimum Gasteiger partial charge on any atom is -0.472 e. The second kappa shape index (κ2) is 2.73. The van der Waals surface area contributed by atoms with Crippen LogP contribution in [0.3, 0.4) is 0 Å². The summed E-state index contributed by atoms with van der Waals surface area (Å²) in [6.45, 7) is 4.00. The Bertz CT molecular complexity index is 205. The lowest BCUT2D eigenvalue weighted by Crippen LogP contribution is -1.86. The molecule has 0 saturated carbocycles.